The Kier molecular flexibility index (Phi) is 6.82. The molecule has 2 heterocycles. The van der Waals surface area contributed by atoms with Gasteiger partial charge in [-0.05, 0) is 18.6 Å². The Morgan fingerprint density at radius 3 is 2.48 bits per heavy atom. The number of carbonyl (C=O) groups excluding carboxylic acids is 1. The van der Waals surface area contributed by atoms with E-state index in [2.05, 4.69) is 11.8 Å². The molecule has 1 aliphatic rings. The standard InChI is InChI=1S/C20H25Cl2N3O2/c1-15(13-24-8-10-27-11-9-24)25(14-16-6-4-3-5-7-16)20(26)18-12-17(21)19(22)23(18)2/h3-7,12,15H,8-11,13-14H2,1-2H3. The van der Waals surface area contributed by atoms with Crippen LogP contribution in [-0.4, -0.2) is 59.2 Å². The van der Waals surface area contributed by atoms with Crippen molar-refractivity contribution < 1.29 is 9.53 Å². The molecule has 1 fully saturated rings. The Balaban J connectivity index is 1.83. The van der Waals surface area contributed by atoms with E-state index in [0.29, 0.717) is 22.4 Å². The first-order valence-corrected chi connectivity index (χ1v) is 9.88. The monoisotopic (exact) mass is 409 g/mol. The summed E-state index contributed by atoms with van der Waals surface area (Å²) in [6, 6.07) is 11.7. The number of amides is 1. The minimum absolute atomic E-state index is 0.0308. The number of benzene rings is 1. The number of nitrogens with zero attached hydrogens (tertiary/aromatic N) is 3. The second-order valence-corrected chi connectivity index (χ2v) is 7.67. The lowest BCUT2D eigenvalue weighted by Gasteiger charge is -2.35. The van der Waals surface area contributed by atoms with Crippen LogP contribution in [0.1, 0.15) is 23.0 Å². The first-order valence-electron chi connectivity index (χ1n) is 9.13. The lowest BCUT2D eigenvalue weighted by Crippen LogP contribution is -2.48. The molecule has 0 aliphatic carbocycles. The van der Waals surface area contributed by atoms with Crippen molar-refractivity contribution in [3.63, 3.8) is 0 Å². The fraction of sp³-hybridized carbons (Fsp3) is 0.450. The second-order valence-electron chi connectivity index (χ2n) is 6.91. The summed E-state index contributed by atoms with van der Waals surface area (Å²) in [5.74, 6) is -0.0732. The SMILES string of the molecule is CC(CN1CCOCC1)N(Cc1ccccc1)C(=O)c1cc(Cl)c(Cl)n1C. The summed E-state index contributed by atoms with van der Waals surface area (Å²) in [6.07, 6.45) is 0. The molecule has 2 aromatic rings. The summed E-state index contributed by atoms with van der Waals surface area (Å²) in [4.78, 5) is 17.6. The van der Waals surface area contributed by atoms with E-state index in [1.165, 1.54) is 0 Å². The van der Waals surface area contributed by atoms with E-state index in [-0.39, 0.29) is 11.9 Å². The van der Waals surface area contributed by atoms with Crippen LogP contribution in [0.2, 0.25) is 10.2 Å². The number of halogens is 2. The van der Waals surface area contributed by atoms with Crippen molar-refractivity contribution in [3.8, 4) is 0 Å². The zero-order valence-electron chi connectivity index (χ0n) is 15.7. The zero-order valence-corrected chi connectivity index (χ0v) is 17.2. The van der Waals surface area contributed by atoms with Crippen LogP contribution < -0.4 is 0 Å². The molecule has 1 saturated heterocycles. The lowest BCUT2D eigenvalue weighted by atomic mass is 10.1. The summed E-state index contributed by atoms with van der Waals surface area (Å²) in [6.45, 7) is 6.67. The van der Waals surface area contributed by atoms with Crippen molar-refractivity contribution in [3.05, 3.63) is 57.8 Å². The topological polar surface area (TPSA) is 37.7 Å². The molecular formula is C20H25Cl2N3O2. The van der Waals surface area contributed by atoms with Gasteiger partial charge in [0.05, 0.1) is 18.2 Å². The molecule has 0 N–H and O–H groups in total. The highest BCUT2D eigenvalue weighted by Gasteiger charge is 2.27. The summed E-state index contributed by atoms with van der Waals surface area (Å²) < 4.78 is 7.08. The van der Waals surface area contributed by atoms with Crippen LogP contribution in [0.5, 0.6) is 0 Å². The van der Waals surface area contributed by atoms with Gasteiger partial charge < -0.3 is 14.2 Å². The Bertz CT molecular complexity index is 773. The fourth-order valence-corrected chi connectivity index (χ4v) is 3.73. The number of rotatable bonds is 6. The van der Waals surface area contributed by atoms with Crippen molar-refractivity contribution in [2.75, 3.05) is 32.8 Å². The third kappa shape index (κ3) is 4.85. The van der Waals surface area contributed by atoms with Gasteiger partial charge in [0.25, 0.3) is 5.91 Å². The summed E-state index contributed by atoms with van der Waals surface area (Å²) in [5.41, 5.74) is 1.58. The molecular weight excluding hydrogens is 385 g/mol. The van der Waals surface area contributed by atoms with Gasteiger partial charge >= 0.3 is 0 Å². The number of hydrogen-bond acceptors (Lipinski definition) is 3. The normalized spacial score (nSPS) is 16.3. The van der Waals surface area contributed by atoms with E-state index >= 15 is 0 Å². The van der Waals surface area contributed by atoms with Crippen molar-refractivity contribution >= 4 is 29.1 Å². The van der Waals surface area contributed by atoms with E-state index in [4.69, 9.17) is 27.9 Å². The van der Waals surface area contributed by atoms with E-state index in [1.807, 2.05) is 35.2 Å². The quantitative estimate of drug-likeness (QED) is 0.729. The molecule has 1 aliphatic heterocycles. The number of aromatic nitrogens is 1. The molecule has 1 unspecified atom stereocenters. The Hall–Kier alpha value is -1.53. The molecule has 0 saturated carbocycles. The van der Waals surface area contributed by atoms with Gasteiger partial charge in [0.2, 0.25) is 0 Å². The number of hydrogen-bond donors (Lipinski definition) is 0. The molecule has 1 amide bonds. The molecule has 1 atom stereocenters. The highest BCUT2D eigenvalue weighted by Crippen LogP contribution is 2.27. The summed E-state index contributed by atoms with van der Waals surface area (Å²) in [5, 5.41) is 0.767. The van der Waals surface area contributed by atoms with Gasteiger partial charge in [-0.25, -0.2) is 0 Å². The highest BCUT2D eigenvalue weighted by atomic mass is 35.5. The molecule has 146 valence electrons. The van der Waals surface area contributed by atoms with E-state index in [0.717, 1.165) is 38.4 Å². The van der Waals surface area contributed by atoms with Crippen molar-refractivity contribution in [2.24, 2.45) is 7.05 Å². The molecule has 0 bridgehead atoms. The third-order valence-electron chi connectivity index (χ3n) is 4.95. The smallest absolute Gasteiger partial charge is 0.271 e. The molecule has 1 aromatic heterocycles. The maximum atomic E-state index is 13.4. The van der Waals surface area contributed by atoms with Crippen LogP contribution in [0.4, 0.5) is 0 Å². The van der Waals surface area contributed by atoms with Crippen molar-refractivity contribution in [1.29, 1.82) is 0 Å². The summed E-state index contributed by atoms with van der Waals surface area (Å²) >= 11 is 12.3. The molecule has 27 heavy (non-hydrogen) atoms. The molecule has 7 heteroatoms. The maximum Gasteiger partial charge on any atom is 0.271 e. The van der Waals surface area contributed by atoms with Gasteiger partial charge in [0, 0.05) is 39.3 Å². The number of ether oxygens (including phenoxy) is 1. The Morgan fingerprint density at radius 2 is 1.89 bits per heavy atom. The lowest BCUT2D eigenvalue weighted by molar-refractivity contribution is 0.0226. The first-order chi connectivity index (χ1) is 13.0. The van der Waals surface area contributed by atoms with Crippen LogP contribution >= 0.6 is 23.2 Å². The van der Waals surface area contributed by atoms with Crippen LogP contribution in [0, 0.1) is 0 Å². The minimum Gasteiger partial charge on any atom is -0.379 e. The van der Waals surface area contributed by atoms with Gasteiger partial charge in [-0.1, -0.05) is 53.5 Å². The van der Waals surface area contributed by atoms with Crippen LogP contribution in [0.15, 0.2) is 36.4 Å². The predicted octanol–water partition coefficient (Wildman–Crippen LogP) is 3.70. The maximum absolute atomic E-state index is 13.4. The Morgan fingerprint density at radius 1 is 1.22 bits per heavy atom. The van der Waals surface area contributed by atoms with Gasteiger partial charge in [-0.2, -0.15) is 0 Å². The number of carbonyl (C=O) groups is 1. The summed E-state index contributed by atoms with van der Waals surface area (Å²) in [7, 11) is 1.76. The largest absolute Gasteiger partial charge is 0.379 e. The molecule has 1 aromatic carbocycles. The van der Waals surface area contributed by atoms with Crippen molar-refractivity contribution in [2.45, 2.75) is 19.5 Å². The van der Waals surface area contributed by atoms with E-state index in [9.17, 15) is 4.79 Å². The van der Waals surface area contributed by atoms with Crippen LogP contribution in [0.3, 0.4) is 0 Å². The van der Waals surface area contributed by atoms with Gasteiger partial charge in [-0.15, -0.1) is 0 Å². The highest BCUT2D eigenvalue weighted by molar-refractivity contribution is 6.41. The molecule has 0 spiro atoms. The van der Waals surface area contributed by atoms with Crippen LogP contribution in [0.25, 0.3) is 0 Å². The molecule has 3 rings (SSSR count). The van der Waals surface area contributed by atoms with Crippen molar-refractivity contribution in [1.82, 2.24) is 14.4 Å². The Labute approximate surface area is 170 Å². The van der Waals surface area contributed by atoms with Gasteiger partial charge in [0.1, 0.15) is 10.8 Å². The first kappa shape index (κ1) is 20.2. The predicted molar refractivity (Wildman–Crippen MR) is 108 cm³/mol. The average molecular weight is 410 g/mol. The average Bonchev–Trinajstić information content (AvgIpc) is 2.94. The van der Waals surface area contributed by atoms with Gasteiger partial charge in [0.15, 0.2) is 0 Å². The third-order valence-corrected chi connectivity index (χ3v) is 5.79. The van der Waals surface area contributed by atoms with Crippen LogP contribution in [-0.2, 0) is 18.3 Å². The fourth-order valence-electron chi connectivity index (χ4n) is 3.36. The molecule has 0 radical (unpaired) electrons. The van der Waals surface area contributed by atoms with E-state index < -0.39 is 0 Å². The van der Waals surface area contributed by atoms with E-state index in [1.54, 1.807) is 17.7 Å². The zero-order chi connectivity index (χ0) is 19.4. The second kappa shape index (κ2) is 9.11. The van der Waals surface area contributed by atoms with Gasteiger partial charge in [-0.3, -0.25) is 9.69 Å². The minimum atomic E-state index is -0.0732. The number of morpholine rings is 1. The molecule has 5 nitrogen and oxygen atoms in total.